The van der Waals surface area contributed by atoms with Gasteiger partial charge in [-0.2, -0.15) is 11.8 Å². The van der Waals surface area contributed by atoms with E-state index in [9.17, 15) is 4.79 Å². The van der Waals surface area contributed by atoms with E-state index in [2.05, 4.69) is 5.92 Å². The first kappa shape index (κ1) is 11.4. The smallest absolute Gasteiger partial charge is 0.307 e. The molecular formula is C9H14O2S. The Morgan fingerprint density at radius 2 is 2.42 bits per heavy atom. The third-order valence-corrected chi connectivity index (χ3v) is 2.71. The molecule has 1 N–H and O–H groups in total. The van der Waals surface area contributed by atoms with Crippen molar-refractivity contribution in [1.29, 1.82) is 0 Å². The molecule has 0 amide bonds. The summed E-state index contributed by atoms with van der Waals surface area (Å²) in [6.07, 6.45) is 6.83. The van der Waals surface area contributed by atoms with Gasteiger partial charge in [-0.1, -0.05) is 6.92 Å². The predicted molar refractivity (Wildman–Crippen MR) is 52.2 cm³/mol. The number of unbranched alkanes of at least 4 members (excludes halogenated alkanes) is 1. The molecule has 1 atom stereocenters. The first-order chi connectivity index (χ1) is 5.68. The Morgan fingerprint density at radius 1 is 1.75 bits per heavy atom. The Balaban J connectivity index is 3.21. The number of carboxylic acids is 1. The normalized spacial score (nSPS) is 12.0. The molecule has 0 aliphatic carbocycles. The van der Waals surface area contributed by atoms with Crippen LogP contribution in [0.5, 0.6) is 0 Å². The molecule has 0 rings (SSSR count). The highest BCUT2D eigenvalue weighted by Crippen LogP contribution is 2.10. The lowest BCUT2D eigenvalue weighted by Gasteiger charge is -2.03. The van der Waals surface area contributed by atoms with Crippen LogP contribution in [0, 0.1) is 18.3 Å². The van der Waals surface area contributed by atoms with E-state index in [0.29, 0.717) is 5.75 Å². The minimum Gasteiger partial charge on any atom is -0.481 e. The third-order valence-electron chi connectivity index (χ3n) is 1.40. The molecule has 0 heterocycles. The van der Waals surface area contributed by atoms with E-state index in [1.807, 2.05) is 0 Å². The van der Waals surface area contributed by atoms with Crippen molar-refractivity contribution < 1.29 is 9.90 Å². The maximum Gasteiger partial charge on any atom is 0.307 e. The van der Waals surface area contributed by atoms with E-state index >= 15 is 0 Å². The first-order valence-corrected chi connectivity index (χ1v) is 5.08. The minimum atomic E-state index is -0.723. The summed E-state index contributed by atoms with van der Waals surface area (Å²) >= 11 is 1.65. The Morgan fingerprint density at radius 3 is 2.92 bits per heavy atom. The van der Waals surface area contributed by atoms with Gasteiger partial charge in [-0.3, -0.25) is 4.79 Å². The van der Waals surface area contributed by atoms with Crippen LogP contribution in [0.3, 0.4) is 0 Å². The molecule has 1 unspecified atom stereocenters. The van der Waals surface area contributed by atoms with Gasteiger partial charge in [-0.05, 0) is 12.2 Å². The van der Waals surface area contributed by atoms with Gasteiger partial charge in [0, 0.05) is 12.2 Å². The molecule has 0 fully saturated rings. The lowest BCUT2D eigenvalue weighted by atomic mass is 10.2. The van der Waals surface area contributed by atoms with Crippen LogP contribution in [-0.2, 0) is 4.79 Å². The quantitative estimate of drug-likeness (QED) is 0.508. The molecule has 12 heavy (non-hydrogen) atoms. The minimum absolute atomic E-state index is 0.249. The fourth-order valence-corrected chi connectivity index (χ4v) is 1.62. The van der Waals surface area contributed by atoms with Gasteiger partial charge in [0.25, 0.3) is 0 Å². The van der Waals surface area contributed by atoms with Gasteiger partial charge < -0.3 is 5.11 Å². The zero-order valence-electron chi connectivity index (χ0n) is 7.25. The zero-order valence-corrected chi connectivity index (χ0v) is 8.06. The molecular weight excluding hydrogens is 172 g/mol. The molecule has 0 saturated carbocycles. The summed E-state index contributed by atoms with van der Waals surface area (Å²) in [7, 11) is 0. The third kappa shape index (κ3) is 6.11. The summed E-state index contributed by atoms with van der Waals surface area (Å²) in [5.41, 5.74) is 0. The molecule has 0 aromatic carbocycles. The Bertz CT molecular complexity index is 172. The highest BCUT2D eigenvalue weighted by atomic mass is 32.2. The first-order valence-electron chi connectivity index (χ1n) is 3.92. The Kier molecular flexibility index (Phi) is 6.69. The van der Waals surface area contributed by atoms with E-state index in [1.165, 1.54) is 0 Å². The van der Waals surface area contributed by atoms with Crippen molar-refractivity contribution in [2.24, 2.45) is 5.92 Å². The number of rotatable bonds is 6. The Labute approximate surface area is 77.7 Å². The second kappa shape index (κ2) is 7.05. The van der Waals surface area contributed by atoms with Crippen LogP contribution in [-0.4, -0.2) is 22.6 Å². The second-order valence-electron chi connectivity index (χ2n) is 2.62. The average Bonchev–Trinajstić information content (AvgIpc) is 2.03. The molecule has 0 spiro atoms. The molecule has 0 radical (unpaired) electrons. The Hall–Kier alpha value is -0.620. The maximum atomic E-state index is 10.4. The van der Waals surface area contributed by atoms with Crippen LogP contribution in [0.2, 0.25) is 0 Å². The van der Waals surface area contributed by atoms with E-state index in [-0.39, 0.29) is 5.92 Å². The largest absolute Gasteiger partial charge is 0.481 e. The van der Waals surface area contributed by atoms with Gasteiger partial charge in [0.2, 0.25) is 0 Å². The highest BCUT2D eigenvalue weighted by Gasteiger charge is 2.09. The number of carbonyl (C=O) groups is 1. The van der Waals surface area contributed by atoms with Crippen LogP contribution >= 0.6 is 11.8 Å². The molecule has 0 aliphatic heterocycles. The van der Waals surface area contributed by atoms with Crippen LogP contribution in [0.15, 0.2) is 0 Å². The standard InChI is InChI=1S/C9H14O2S/c1-3-4-5-6-12-7-8(2)9(10)11/h1,8H,4-7H2,2H3,(H,10,11). The van der Waals surface area contributed by atoms with Crippen molar-refractivity contribution in [2.45, 2.75) is 19.8 Å². The van der Waals surface area contributed by atoms with Crippen molar-refractivity contribution in [2.75, 3.05) is 11.5 Å². The summed E-state index contributed by atoms with van der Waals surface area (Å²) in [6, 6.07) is 0. The zero-order chi connectivity index (χ0) is 9.40. The summed E-state index contributed by atoms with van der Waals surface area (Å²) in [6.45, 7) is 1.72. The fraction of sp³-hybridized carbons (Fsp3) is 0.667. The monoisotopic (exact) mass is 186 g/mol. The van der Waals surface area contributed by atoms with Crippen molar-refractivity contribution in [3.63, 3.8) is 0 Å². The topological polar surface area (TPSA) is 37.3 Å². The summed E-state index contributed by atoms with van der Waals surface area (Å²) < 4.78 is 0. The molecule has 3 heteroatoms. The molecule has 0 aromatic rings. The van der Waals surface area contributed by atoms with Gasteiger partial charge in [-0.25, -0.2) is 0 Å². The van der Waals surface area contributed by atoms with Crippen LogP contribution in [0.1, 0.15) is 19.8 Å². The molecule has 68 valence electrons. The van der Waals surface area contributed by atoms with E-state index in [4.69, 9.17) is 11.5 Å². The van der Waals surface area contributed by atoms with Gasteiger partial charge in [0.15, 0.2) is 0 Å². The van der Waals surface area contributed by atoms with E-state index in [1.54, 1.807) is 18.7 Å². The molecule has 0 saturated heterocycles. The van der Waals surface area contributed by atoms with Crippen molar-refractivity contribution in [3.05, 3.63) is 0 Å². The number of aliphatic carboxylic acids is 1. The van der Waals surface area contributed by atoms with Crippen molar-refractivity contribution in [3.8, 4) is 12.3 Å². The van der Waals surface area contributed by atoms with E-state index < -0.39 is 5.97 Å². The highest BCUT2D eigenvalue weighted by molar-refractivity contribution is 7.99. The maximum absolute atomic E-state index is 10.4. The van der Waals surface area contributed by atoms with Gasteiger partial charge >= 0.3 is 5.97 Å². The van der Waals surface area contributed by atoms with E-state index in [0.717, 1.165) is 18.6 Å². The number of carboxylic acid groups (broad SMARTS) is 1. The fourth-order valence-electron chi connectivity index (χ4n) is 0.608. The van der Waals surface area contributed by atoms with Crippen LogP contribution in [0.25, 0.3) is 0 Å². The van der Waals surface area contributed by atoms with Crippen LogP contribution < -0.4 is 0 Å². The van der Waals surface area contributed by atoms with Gasteiger partial charge in [-0.15, -0.1) is 12.3 Å². The SMILES string of the molecule is C#CCCCSCC(C)C(=O)O. The van der Waals surface area contributed by atoms with Crippen molar-refractivity contribution in [1.82, 2.24) is 0 Å². The molecule has 0 bridgehead atoms. The summed E-state index contributed by atoms with van der Waals surface area (Å²) in [5, 5.41) is 8.54. The lowest BCUT2D eigenvalue weighted by Crippen LogP contribution is -2.11. The number of thioether (sulfide) groups is 1. The number of hydrogen-bond donors (Lipinski definition) is 1. The summed E-state index contributed by atoms with van der Waals surface area (Å²) in [5.74, 6) is 3.22. The molecule has 2 nitrogen and oxygen atoms in total. The average molecular weight is 186 g/mol. The van der Waals surface area contributed by atoms with Gasteiger partial charge in [0.05, 0.1) is 5.92 Å². The van der Waals surface area contributed by atoms with Gasteiger partial charge in [0.1, 0.15) is 0 Å². The number of hydrogen-bond acceptors (Lipinski definition) is 2. The van der Waals surface area contributed by atoms with Crippen LogP contribution in [0.4, 0.5) is 0 Å². The number of terminal acetylenes is 1. The molecule has 0 aliphatic rings. The van der Waals surface area contributed by atoms with Crippen molar-refractivity contribution >= 4 is 17.7 Å². The lowest BCUT2D eigenvalue weighted by molar-refractivity contribution is -0.140. The summed E-state index contributed by atoms with van der Waals surface area (Å²) in [4.78, 5) is 10.4. The molecule has 0 aromatic heterocycles. The second-order valence-corrected chi connectivity index (χ2v) is 3.77. The predicted octanol–water partition coefficient (Wildman–Crippen LogP) is 1.85.